The first kappa shape index (κ1) is 18.4. The van der Waals surface area contributed by atoms with Crippen LogP contribution in [0.4, 0.5) is 17.1 Å². The Hall–Kier alpha value is -3.37. The fourth-order valence-electron chi connectivity index (χ4n) is 2.92. The Balaban J connectivity index is 1.86. The highest BCUT2D eigenvalue weighted by molar-refractivity contribution is 6.33. The van der Waals surface area contributed by atoms with Gasteiger partial charge in [-0.25, -0.2) is 0 Å². The molecule has 0 saturated carbocycles. The molecule has 1 amide bonds. The van der Waals surface area contributed by atoms with E-state index in [1.54, 1.807) is 4.90 Å². The molecule has 0 aliphatic carbocycles. The zero-order valence-electron chi connectivity index (χ0n) is 14.2. The molecule has 7 nitrogen and oxygen atoms in total. The number of nitrogens with zero attached hydrogens (tertiary/aromatic N) is 3. The smallest absolute Gasteiger partial charge is 0.271 e. The molecule has 0 saturated heterocycles. The third kappa shape index (κ3) is 3.91. The van der Waals surface area contributed by atoms with Gasteiger partial charge < -0.3 is 10.2 Å². The van der Waals surface area contributed by atoms with Crippen LogP contribution in [0.1, 0.15) is 12.0 Å². The number of amides is 1. The Kier molecular flexibility index (Phi) is 5.38. The van der Waals surface area contributed by atoms with Gasteiger partial charge >= 0.3 is 0 Å². The molecule has 27 heavy (non-hydrogen) atoms. The molecule has 1 N–H and O–H groups in total. The van der Waals surface area contributed by atoms with Crippen LogP contribution in [0.2, 0.25) is 5.02 Å². The van der Waals surface area contributed by atoms with Crippen LogP contribution in [-0.2, 0) is 11.2 Å². The van der Waals surface area contributed by atoms with E-state index in [2.05, 4.69) is 5.32 Å². The number of benzene rings is 2. The Morgan fingerprint density at radius 3 is 2.85 bits per heavy atom. The van der Waals surface area contributed by atoms with E-state index in [4.69, 9.17) is 11.6 Å². The van der Waals surface area contributed by atoms with Gasteiger partial charge in [0.1, 0.15) is 11.6 Å². The van der Waals surface area contributed by atoms with E-state index in [1.165, 1.54) is 24.4 Å². The highest BCUT2D eigenvalue weighted by atomic mass is 35.5. The zero-order valence-corrected chi connectivity index (χ0v) is 14.9. The van der Waals surface area contributed by atoms with Gasteiger partial charge in [0.2, 0.25) is 0 Å². The van der Waals surface area contributed by atoms with Crippen LogP contribution < -0.4 is 10.2 Å². The Morgan fingerprint density at radius 1 is 1.33 bits per heavy atom. The zero-order chi connectivity index (χ0) is 19.4. The molecule has 3 rings (SSSR count). The van der Waals surface area contributed by atoms with Crippen molar-refractivity contribution in [3.05, 3.63) is 74.9 Å². The lowest BCUT2D eigenvalue weighted by Crippen LogP contribution is -2.36. The van der Waals surface area contributed by atoms with Crippen molar-refractivity contribution in [3.63, 3.8) is 0 Å². The maximum absolute atomic E-state index is 12.8. The number of halogens is 1. The molecule has 0 aromatic heterocycles. The summed E-state index contributed by atoms with van der Waals surface area (Å²) in [4.78, 5) is 24.7. The largest absolute Gasteiger partial charge is 0.359 e. The van der Waals surface area contributed by atoms with Crippen LogP contribution in [0, 0.1) is 21.4 Å². The van der Waals surface area contributed by atoms with Gasteiger partial charge in [-0.1, -0.05) is 29.8 Å². The van der Waals surface area contributed by atoms with E-state index >= 15 is 0 Å². The van der Waals surface area contributed by atoms with Crippen LogP contribution in [0.15, 0.2) is 54.2 Å². The number of carbonyl (C=O) groups is 1. The van der Waals surface area contributed by atoms with Gasteiger partial charge in [0.15, 0.2) is 0 Å². The summed E-state index contributed by atoms with van der Waals surface area (Å²) < 4.78 is 0. The number of carbonyl (C=O) groups excluding carboxylic acids is 1. The minimum atomic E-state index is -0.549. The van der Waals surface area contributed by atoms with Crippen LogP contribution in [-0.4, -0.2) is 17.4 Å². The number of nitriles is 1. The quantitative estimate of drug-likeness (QED) is 0.372. The summed E-state index contributed by atoms with van der Waals surface area (Å²) in [6, 6.07) is 13.4. The van der Waals surface area contributed by atoms with E-state index < -0.39 is 10.8 Å². The Bertz CT molecular complexity index is 981. The van der Waals surface area contributed by atoms with Gasteiger partial charge in [-0.2, -0.15) is 5.26 Å². The molecule has 1 aliphatic rings. The molecule has 0 fully saturated rings. The molecule has 0 radical (unpaired) electrons. The van der Waals surface area contributed by atoms with E-state index in [0.717, 1.165) is 24.1 Å². The third-order valence-electron chi connectivity index (χ3n) is 4.24. The summed E-state index contributed by atoms with van der Waals surface area (Å²) in [5, 5.41) is 23.3. The van der Waals surface area contributed by atoms with Gasteiger partial charge in [-0.3, -0.25) is 14.9 Å². The average molecular weight is 383 g/mol. The number of nitro benzene ring substituents is 1. The maximum Gasteiger partial charge on any atom is 0.271 e. The molecular formula is C19H15ClN4O3. The van der Waals surface area contributed by atoms with Crippen molar-refractivity contribution < 1.29 is 9.72 Å². The summed E-state index contributed by atoms with van der Waals surface area (Å²) in [5.74, 6) is -0.432. The number of hydrogen-bond acceptors (Lipinski definition) is 5. The standard InChI is InChI=1S/C19H15ClN4O3/c20-16-8-7-15(24(26)27)10-17(16)22-12-14(11-21)19(25)23-9-3-5-13-4-1-2-6-18(13)23/h1-2,4,6-8,10,12,22H,3,5,9H2/b14-12-. The topological polar surface area (TPSA) is 99.3 Å². The minimum Gasteiger partial charge on any atom is -0.359 e. The number of nitrogens with one attached hydrogen (secondary N) is 1. The van der Waals surface area contributed by atoms with Crippen molar-refractivity contribution in [3.8, 4) is 6.07 Å². The first-order chi connectivity index (χ1) is 13.0. The Morgan fingerprint density at radius 2 is 2.11 bits per heavy atom. The summed E-state index contributed by atoms with van der Waals surface area (Å²) in [6.45, 7) is 0.520. The fourth-order valence-corrected chi connectivity index (χ4v) is 3.09. The van der Waals surface area contributed by atoms with Crippen molar-refractivity contribution in [2.24, 2.45) is 0 Å². The summed E-state index contributed by atoms with van der Waals surface area (Å²) in [6.07, 6.45) is 2.92. The number of rotatable bonds is 4. The van der Waals surface area contributed by atoms with Crippen molar-refractivity contribution in [1.82, 2.24) is 0 Å². The SMILES string of the molecule is N#C/C(=C/Nc1cc([N+](=O)[O-])ccc1Cl)C(=O)N1CCCc2ccccc21. The summed E-state index contributed by atoms with van der Waals surface area (Å²) >= 11 is 6.03. The molecule has 0 spiro atoms. The van der Waals surface area contributed by atoms with E-state index in [-0.39, 0.29) is 22.0 Å². The highest BCUT2D eigenvalue weighted by Crippen LogP contribution is 2.29. The van der Waals surface area contributed by atoms with Crippen molar-refractivity contribution in [1.29, 1.82) is 5.26 Å². The Labute approximate surface area is 160 Å². The molecular weight excluding hydrogens is 368 g/mol. The molecule has 8 heteroatoms. The number of fused-ring (bicyclic) bond motifs is 1. The number of nitro groups is 1. The number of non-ortho nitro benzene ring substituents is 1. The second kappa shape index (κ2) is 7.89. The maximum atomic E-state index is 12.8. The first-order valence-corrected chi connectivity index (χ1v) is 8.59. The number of para-hydroxylation sites is 1. The first-order valence-electron chi connectivity index (χ1n) is 8.22. The number of anilines is 2. The molecule has 2 aromatic carbocycles. The molecule has 2 aromatic rings. The number of hydrogen-bond donors (Lipinski definition) is 1. The molecule has 0 bridgehead atoms. The van der Waals surface area contributed by atoms with Crippen LogP contribution in [0.3, 0.4) is 0 Å². The molecule has 0 atom stereocenters. The molecule has 0 unspecified atom stereocenters. The average Bonchev–Trinajstić information content (AvgIpc) is 2.68. The van der Waals surface area contributed by atoms with Gasteiger partial charge in [0.25, 0.3) is 11.6 Å². The normalized spacial score (nSPS) is 13.5. The fraction of sp³-hybridized carbons (Fsp3) is 0.158. The molecule has 1 aliphatic heterocycles. The lowest BCUT2D eigenvalue weighted by atomic mass is 10.0. The van der Waals surface area contributed by atoms with Crippen LogP contribution in [0.5, 0.6) is 0 Å². The van der Waals surface area contributed by atoms with Crippen LogP contribution >= 0.6 is 11.6 Å². The van der Waals surface area contributed by atoms with E-state index in [1.807, 2.05) is 30.3 Å². The van der Waals surface area contributed by atoms with E-state index in [9.17, 15) is 20.2 Å². The van der Waals surface area contributed by atoms with Crippen molar-refractivity contribution in [2.75, 3.05) is 16.8 Å². The molecule has 136 valence electrons. The third-order valence-corrected chi connectivity index (χ3v) is 4.57. The lowest BCUT2D eigenvalue weighted by molar-refractivity contribution is -0.384. The number of aryl methyl sites for hydroxylation is 1. The monoisotopic (exact) mass is 382 g/mol. The minimum absolute atomic E-state index is 0.116. The predicted molar refractivity (Wildman–Crippen MR) is 103 cm³/mol. The van der Waals surface area contributed by atoms with E-state index in [0.29, 0.717) is 6.54 Å². The van der Waals surface area contributed by atoms with Gasteiger partial charge in [0.05, 0.1) is 15.6 Å². The highest BCUT2D eigenvalue weighted by Gasteiger charge is 2.25. The summed E-state index contributed by atoms with van der Waals surface area (Å²) in [7, 11) is 0. The van der Waals surface area contributed by atoms with Crippen molar-refractivity contribution >= 4 is 34.6 Å². The predicted octanol–water partition coefficient (Wildman–Crippen LogP) is 4.05. The van der Waals surface area contributed by atoms with Crippen LogP contribution in [0.25, 0.3) is 0 Å². The van der Waals surface area contributed by atoms with Gasteiger partial charge in [-0.15, -0.1) is 0 Å². The second-order valence-corrected chi connectivity index (χ2v) is 6.33. The van der Waals surface area contributed by atoms with Gasteiger partial charge in [-0.05, 0) is 30.5 Å². The van der Waals surface area contributed by atoms with Gasteiger partial charge in [0, 0.05) is 30.6 Å². The lowest BCUT2D eigenvalue weighted by Gasteiger charge is -2.29. The molecule has 1 heterocycles. The van der Waals surface area contributed by atoms with Crippen molar-refractivity contribution in [2.45, 2.75) is 12.8 Å². The second-order valence-electron chi connectivity index (χ2n) is 5.92. The summed E-state index contributed by atoms with van der Waals surface area (Å²) in [5.41, 5.74) is 1.83.